The van der Waals surface area contributed by atoms with Crippen molar-refractivity contribution in [3.63, 3.8) is 0 Å². The number of benzene rings is 1. The number of halogens is 1. The lowest BCUT2D eigenvalue weighted by Crippen LogP contribution is -2.40. The van der Waals surface area contributed by atoms with E-state index in [9.17, 15) is 13.2 Å². The molecule has 1 N–H and O–H groups in total. The smallest absolute Gasteiger partial charge is 0.195 e. The summed E-state index contributed by atoms with van der Waals surface area (Å²) >= 11 is 5.83. The van der Waals surface area contributed by atoms with Crippen molar-refractivity contribution in [2.45, 2.75) is 5.37 Å². The van der Waals surface area contributed by atoms with Crippen LogP contribution in [0.1, 0.15) is 10.4 Å². The maximum absolute atomic E-state index is 12.1. The van der Waals surface area contributed by atoms with Crippen molar-refractivity contribution < 1.29 is 17.9 Å². The topological polar surface area (TPSA) is 72.5 Å². The van der Waals surface area contributed by atoms with Gasteiger partial charge in [0.1, 0.15) is 5.75 Å². The van der Waals surface area contributed by atoms with Gasteiger partial charge in [-0.1, -0.05) is 11.6 Å². The van der Waals surface area contributed by atoms with Crippen molar-refractivity contribution >= 4 is 27.2 Å². The highest BCUT2D eigenvalue weighted by Crippen LogP contribution is 2.25. The first kappa shape index (κ1) is 14.9. The maximum atomic E-state index is 12.1. The van der Waals surface area contributed by atoms with E-state index in [0.29, 0.717) is 10.8 Å². The summed E-state index contributed by atoms with van der Waals surface area (Å²) in [6.07, 6.45) is 0.999. The number of methoxy groups -OCH3 is 1. The van der Waals surface area contributed by atoms with Gasteiger partial charge < -0.3 is 4.74 Å². The summed E-state index contributed by atoms with van der Waals surface area (Å²) in [4.78, 5) is 12.1. The fourth-order valence-corrected chi connectivity index (χ4v) is 2.65. The van der Waals surface area contributed by atoms with Crippen molar-refractivity contribution in [3.05, 3.63) is 28.8 Å². The number of carbonyl (C=O) groups is 1. The lowest BCUT2D eigenvalue weighted by atomic mass is 10.1. The van der Waals surface area contributed by atoms with Gasteiger partial charge in [-0.05, 0) is 25.2 Å². The molecule has 0 fully saturated rings. The Bertz CT molecular complexity index is 556. The van der Waals surface area contributed by atoms with Crippen LogP contribution in [0.15, 0.2) is 18.2 Å². The molecule has 1 unspecified atom stereocenters. The van der Waals surface area contributed by atoms with Crippen LogP contribution in [0.5, 0.6) is 5.75 Å². The Morgan fingerprint density at radius 2 is 2.06 bits per heavy atom. The van der Waals surface area contributed by atoms with Crippen LogP contribution in [-0.4, -0.2) is 40.0 Å². The molecule has 0 spiro atoms. The standard InChI is InChI=1S/C11H14ClNO4S/c1-13-11(18(3,15)16)10(14)7-4-5-8(12)9(6-7)17-2/h4-6,11,13H,1-3H3. The van der Waals surface area contributed by atoms with Crippen molar-refractivity contribution in [1.29, 1.82) is 0 Å². The molecule has 0 aliphatic rings. The minimum Gasteiger partial charge on any atom is -0.495 e. The van der Waals surface area contributed by atoms with E-state index in [1.54, 1.807) is 0 Å². The number of hydrogen-bond donors (Lipinski definition) is 1. The van der Waals surface area contributed by atoms with Gasteiger partial charge >= 0.3 is 0 Å². The quantitative estimate of drug-likeness (QED) is 0.823. The molecule has 1 atom stereocenters. The zero-order valence-corrected chi connectivity index (χ0v) is 11.8. The molecule has 5 nitrogen and oxygen atoms in total. The van der Waals surface area contributed by atoms with E-state index in [4.69, 9.17) is 16.3 Å². The zero-order chi connectivity index (χ0) is 13.9. The van der Waals surface area contributed by atoms with Gasteiger partial charge in [-0.15, -0.1) is 0 Å². The van der Waals surface area contributed by atoms with E-state index in [-0.39, 0.29) is 5.56 Å². The van der Waals surface area contributed by atoms with Crippen LogP contribution >= 0.6 is 11.6 Å². The fourth-order valence-electron chi connectivity index (χ4n) is 1.50. The highest BCUT2D eigenvalue weighted by Gasteiger charge is 2.28. The van der Waals surface area contributed by atoms with Crippen molar-refractivity contribution in [2.75, 3.05) is 20.4 Å². The number of sulfone groups is 1. The molecule has 7 heteroatoms. The number of hydrogen-bond acceptors (Lipinski definition) is 5. The third-order valence-electron chi connectivity index (χ3n) is 2.36. The van der Waals surface area contributed by atoms with Crippen molar-refractivity contribution in [2.24, 2.45) is 0 Å². The second-order valence-electron chi connectivity index (χ2n) is 3.71. The predicted molar refractivity (Wildman–Crippen MR) is 70.0 cm³/mol. The minimum atomic E-state index is -3.53. The number of ether oxygens (including phenoxy) is 1. The van der Waals surface area contributed by atoms with E-state index < -0.39 is 21.0 Å². The molecule has 0 saturated carbocycles. The SMILES string of the molecule is CNC(C(=O)c1ccc(Cl)c(OC)c1)S(C)(=O)=O. The molecule has 1 aromatic carbocycles. The average molecular weight is 292 g/mol. The van der Waals surface area contributed by atoms with E-state index in [2.05, 4.69) is 5.32 Å². The van der Waals surface area contributed by atoms with Crippen LogP contribution in [0.2, 0.25) is 5.02 Å². The summed E-state index contributed by atoms with van der Waals surface area (Å²) < 4.78 is 27.9. The summed E-state index contributed by atoms with van der Waals surface area (Å²) in [7, 11) is -0.695. The first-order valence-corrected chi connectivity index (χ1v) is 7.38. The van der Waals surface area contributed by atoms with Crippen LogP contribution in [0.3, 0.4) is 0 Å². The van der Waals surface area contributed by atoms with Crippen LogP contribution < -0.4 is 10.1 Å². The highest BCUT2D eigenvalue weighted by molar-refractivity contribution is 7.92. The van der Waals surface area contributed by atoms with Crippen molar-refractivity contribution in [3.8, 4) is 5.75 Å². The minimum absolute atomic E-state index is 0.223. The molecule has 1 aromatic rings. The van der Waals surface area contributed by atoms with E-state index >= 15 is 0 Å². The number of rotatable bonds is 5. The summed E-state index contributed by atoms with van der Waals surface area (Å²) in [6, 6.07) is 4.37. The largest absolute Gasteiger partial charge is 0.495 e. The maximum Gasteiger partial charge on any atom is 0.195 e. The molecular weight excluding hydrogens is 278 g/mol. The van der Waals surface area contributed by atoms with Crippen LogP contribution in [0, 0.1) is 0 Å². The lowest BCUT2D eigenvalue weighted by molar-refractivity contribution is 0.0978. The normalized spacial score (nSPS) is 13.1. The van der Waals surface area contributed by atoms with Gasteiger partial charge in [-0.25, -0.2) is 8.42 Å². The van der Waals surface area contributed by atoms with Crippen LogP contribution in [0.4, 0.5) is 0 Å². The molecule has 0 radical (unpaired) electrons. The molecule has 0 aliphatic carbocycles. The first-order chi connectivity index (χ1) is 8.31. The van der Waals surface area contributed by atoms with E-state index in [1.165, 1.54) is 32.4 Å². The Kier molecular flexibility index (Phi) is 4.72. The third kappa shape index (κ3) is 3.22. The number of carbonyl (C=O) groups excluding carboxylic acids is 1. The molecule has 1 rings (SSSR count). The van der Waals surface area contributed by atoms with Gasteiger partial charge in [-0.2, -0.15) is 0 Å². The number of likely N-dealkylation sites (N-methyl/N-ethyl adjacent to an activating group) is 1. The molecule has 0 heterocycles. The molecule has 0 bridgehead atoms. The van der Waals surface area contributed by atoms with E-state index in [1.807, 2.05) is 0 Å². The molecule has 0 aromatic heterocycles. The molecule has 18 heavy (non-hydrogen) atoms. The Labute approximate surface area is 111 Å². The second kappa shape index (κ2) is 5.69. The Morgan fingerprint density at radius 3 is 2.50 bits per heavy atom. The average Bonchev–Trinajstić information content (AvgIpc) is 2.28. The Hall–Kier alpha value is -1.11. The molecule has 0 saturated heterocycles. The van der Waals surface area contributed by atoms with Gasteiger partial charge in [0.15, 0.2) is 21.0 Å². The Morgan fingerprint density at radius 1 is 1.44 bits per heavy atom. The van der Waals surface area contributed by atoms with Gasteiger partial charge in [0, 0.05) is 11.8 Å². The summed E-state index contributed by atoms with van der Waals surface area (Å²) in [5.41, 5.74) is 0.223. The monoisotopic (exact) mass is 291 g/mol. The number of Topliss-reactive ketones (excluding diaryl/α,β-unsaturated/α-hetero) is 1. The lowest BCUT2D eigenvalue weighted by Gasteiger charge is -2.13. The second-order valence-corrected chi connectivity index (χ2v) is 6.25. The Balaban J connectivity index is 3.18. The van der Waals surface area contributed by atoms with Gasteiger partial charge in [0.25, 0.3) is 0 Å². The summed E-state index contributed by atoms with van der Waals surface area (Å²) in [5, 5.41) is 1.56. The van der Waals surface area contributed by atoms with E-state index in [0.717, 1.165) is 6.26 Å². The summed E-state index contributed by atoms with van der Waals surface area (Å²) in [6.45, 7) is 0. The van der Waals surface area contributed by atoms with Crippen LogP contribution in [0.25, 0.3) is 0 Å². The number of nitrogens with one attached hydrogen (secondary N) is 1. The van der Waals surface area contributed by atoms with Gasteiger partial charge in [-0.3, -0.25) is 10.1 Å². The molecule has 100 valence electrons. The third-order valence-corrected chi connectivity index (χ3v) is 3.98. The number of ketones is 1. The highest BCUT2D eigenvalue weighted by atomic mass is 35.5. The summed E-state index contributed by atoms with van der Waals surface area (Å²) in [5.74, 6) is -0.221. The first-order valence-electron chi connectivity index (χ1n) is 5.05. The van der Waals surface area contributed by atoms with Crippen LogP contribution in [-0.2, 0) is 9.84 Å². The van der Waals surface area contributed by atoms with Crippen molar-refractivity contribution in [1.82, 2.24) is 5.32 Å². The molecule has 0 amide bonds. The zero-order valence-electron chi connectivity index (χ0n) is 10.2. The fraction of sp³-hybridized carbons (Fsp3) is 0.364. The predicted octanol–water partition coefficient (Wildman–Crippen LogP) is 1.12. The molecular formula is C11H14ClNO4S. The van der Waals surface area contributed by atoms with Gasteiger partial charge in [0.05, 0.1) is 12.1 Å². The molecule has 0 aliphatic heterocycles. The van der Waals surface area contributed by atoms with Gasteiger partial charge in [0.2, 0.25) is 0 Å².